The first-order valence-electron chi connectivity index (χ1n) is 15.6. The van der Waals surface area contributed by atoms with Gasteiger partial charge in [-0.15, -0.1) is 10.2 Å². The smallest absolute Gasteiger partial charge is 0.311 e. The van der Waals surface area contributed by atoms with E-state index in [1.165, 1.54) is 82.0 Å². The van der Waals surface area contributed by atoms with Crippen LogP contribution in [0.3, 0.4) is 0 Å². The first-order chi connectivity index (χ1) is 20.2. The molecule has 0 aliphatic heterocycles. The molecule has 0 aliphatic carbocycles. The summed E-state index contributed by atoms with van der Waals surface area (Å²) in [5, 5.41) is 9.92. The van der Waals surface area contributed by atoms with E-state index in [1.807, 2.05) is 36.4 Å². The van der Waals surface area contributed by atoms with Gasteiger partial charge in [-0.3, -0.25) is 4.79 Å². The van der Waals surface area contributed by atoms with E-state index in [2.05, 4.69) is 29.0 Å². The van der Waals surface area contributed by atoms with E-state index in [9.17, 15) is 4.79 Å². The summed E-state index contributed by atoms with van der Waals surface area (Å²) in [7, 11) is 0. The number of ether oxygens (including phenoxy) is 2. The van der Waals surface area contributed by atoms with Crippen LogP contribution in [0.25, 0.3) is 10.6 Å². The van der Waals surface area contributed by atoms with E-state index >= 15 is 0 Å². The second-order valence-electron chi connectivity index (χ2n) is 10.6. The minimum atomic E-state index is -0.175. The molecule has 0 bridgehead atoms. The minimum Gasteiger partial charge on any atom is -0.494 e. The molecule has 2 aromatic carbocycles. The minimum absolute atomic E-state index is 0.175. The standard InChI is InChI=1S/C34H47N3O3S/c1-3-5-7-9-11-12-14-16-26-39-30-24-20-29(21-25-30)33-36-37-34(41-33)35-27-28-18-22-31(23-19-28)40-32(38)17-15-13-10-8-6-4-2/h18-25,27H,3-17,26H2,1-2H3/b35-27+. The van der Waals surface area contributed by atoms with Crippen LogP contribution in [0.4, 0.5) is 5.13 Å². The highest BCUT2D eigenvalue weighted by Gasteiger charge is 2.07. The summed E-state index contributed by atoms with van der Waals surface area (Å²) in [6.07, 6.45) is 19.5. The molecule has 0 unspecified atom stereocenters. The fourth-order valence-electron chi connectivity index (χ4n) is 4.49. The normalized spacial score (nSPS) is 11.3. The number of hydrogen-bond donors (Lipinski definition) is 0. The van der Waals surface area contributed by atoms with Crippen LogP contribution in [0.5, 0.6) is 11.5 Å². The molecule has 0 spiro atoms. The number of carbonyl (C=O) groups excluding carboxylic acids is 1. The predicted octanol–water partition coefficient (Wildman–Crippen LogP) is 10.1. The SMILES string of the molecule is CCCCCCCCCCOc1ccc(-c2nnc(/N=C/c3ccc(OC(=O)CCCCCCCC)cc3)s2)cc1. The summed E-state index contributed by atoms with van der Waals surface area (Å²) in [6.45, 7) is 5.22. The highest BCUT2D eigenvalue weighted by Crippen LogP contribution is 2.29. The van der Waals surface area contributed by atoms with Crippen molar-refractivity contribution in [2.24, 2.45) is 4.99 Å². The van der Waals surface area contributed by atoms with E-state index in [0.717, 1.165) is 47.8 Å². The summed E-state index contributed by atoms with van der Waals surface area (Å²) < 4.78 is 11.4. The second-order valence-corrected chi connectivity index (χ2v) is 11.5. The van der Waals surface area contributed by atoms with Crippen molar-refractivity contribution in [3.05, 3.63) is 54.1 Å². The maximum atomic E-state index is 12.1. The highest BCUT2D eigenvalue weighted by atomic mass is 32.1. The van der Waals surface area contributed by atoms with Gasteiger partial charge < -0.3 is 9.47 Å². The Balaban J connectivity index is 1.36. The number of aliphatic imine (C=N–C) groups is 1. The van der Waals surface area contributed by atoms with E-state index in [4.69, 9.17) is 9.47 Å². The molecule has 0 atom stereocenters. The maximum Gasteiger partial charge on any atom is 0.311 e. The molecule has 0 fully saturated rings. The van der Waals surface area contributed by atoms with Crippen LogP contribution >= 0.6 is 11.3 Å². The molecule has 1 aromatic heterocycles. The quantitative estimate of drug-likeness (QED) is 0.0545. The summed E-state index contributed by atoms with van der Waals surface area (Å²) in [5.41, 5.74) is 1.89. The van der Waals surface area contributed by atoms with Gasteiger partial charge in [-0.05, 0) is 66.9 Å². The number of rotatable bonds is 21. The zero-order chi connectivity index (χ0) is 29.0. The van der Waals surface area contributed by atoms with Crippen molar-refractivity contribution < 1.29 is 14.3 Å². The lowest BCUT2D eigenvalue weighted by molar-refractivity contribution is -0.134. The molecule has 41 heavy (non-hydrogen) atoms. The summed E-state index contributed by atoms with van der Waals surface area (Å²) in [6, 6.07) is 15.4. The van der Waals surface area contributed by atoms with Crippen LogP contribution in [0.15, 0.2) is 53.5 Å². The lowest BCUT2D eigenvalue weighted by Crippen LogP contribution is -2.07. The van der Waals surface area contributed by atoms with E-state index < -0.39 is 0 Å². The molecular formula is C34H47N3O3S. The Morgan fingerprint density at radius 2 is 1.32 bits per heavy atom. The molecule has 222 valence electrons. The number of hydrogen-bond acceptors (Lipinski definition) is 7. The van der Waals surface area contributed by atoms with E-state index in [0.29, 0.717) is 17.3 Å². The lowest BCUT2D eigenvalue weighted by atomic mass is 10.1. The van der Waals surface area contributed by atoms with Crippen molar-refractivity contribution in [1.82, 2.24) is 10.2 Å². The Morgan fingerprint density at radius 1 is 0.732 bits per heavy atom. The van der Waals surface area contributed by atoms with Crippen LogP contribution < -0.4 is 9.47 Å². The fraction of sp³-hybridized carbons (Fsp3) is 0.529. The summed E-state index contributed by atoms with van der Waals surface area (Å²) in [5.74, 6) is 1.27. The van der Waals surface area contributed by atoms with Crippen molar-refractivity contribution in [2.45, 2.75) is 110 Å². The molecule has 0 radical (unpaired) electrons. The van der Waals surface area contributed by atoms with Crippen molar-refractivity contribution >= 4 is 28.7 Å². The molecule has 1 heterocycles. The number of aromatic nitrogens is 2. The second kappa shape index (κ2) is 19.9. The Hall–Kier alpha value is -3.06. The molecular weight excluding hydrogens is 530 g/mol. The topological polar surface area (TPSA) is 73.7 Å². The zero-order valence-electron chi connectivity index (χ0n) is 25.0. The molecule has 3 aromatic rings. The molecule has 0 saturated heterocycles. The predicted molar refractivity (Wildman–Crippen MR) is 171 cm³/mol. The average molecular weight is 578 g/mol. The molecule has 0 saturated carbocycles. The van der Waals surface area contributed by atoms with Gasteiger partial charge in [-0.1, -0.05) is 102 Å². The van der Waals surface area contributed by atoms with Crippen molar-refractivity contribution in [2.75, 3.05) is 6.61 Å². The number of nitrogens with zero attached hydrogens (tertiary/aromatic N) is 3. The first-order valence-corrected chi connectivity index (χ1v) is 16.4. The van der Waals surface area contributed by atoms with Crippen molar-refractivity contribution in [3.8, 4) is 22.1 Å². The van der Waals surface area contributed by atoms with Gasteiger partial charge in [0.1, 0.15) is 16.5 Å². The highest BCUT2D eigenvalue weighted by molar-refractivity contribution is 7.18. The Bertz CT molecular complexity index is 1140. The Labute approximate surface area is 250 Å². The van der Waals surface area contributed by atoms with Crippen molar-refractivity contribution in [3.63, 3.8) is 0 Å². The van der Waals surface area contributed by atoms with Gasteiger partial charge in [0.25, 0.3) is 0 Å². The van der Waals surface area contributed by atoms with E-state index in [-0.39, 0.29) is 5.97 Å². The van der Waals surface area contributed by atoms with Crippen LogP contribution in [0, 0.1) is 0 Å². The van der Waals surface area contributed by atoms with Crippen LogP contribution in [-0.2, 0) is 4.79 Å². The monoisotopic (exact) mass is 577 g/mol. The summed E-state index contributed by atoms with van der Waals surface area (Å²) >= 11 is 1.44. The molecule has 3 rings (SSSR count). The largest absolute Gasteiger partial charge is 0.494 e. The number of benzene rings is 2. The number of unbranched alkanes of at least 4 members (excludes halogenated alkanes) is 12. The van der Waals surface area contributed by atoms with E-state index in [1.54, 1.807) is 18.3 Å². The number of carbonyl (C=O) groups is 1. The van der Waals surface area contributed by atoms with Gasteiger partial charge in [0.2, 0.25) is 5.13 Å². The zero-order valence-corrected chi connectivity index (χ0v) is 25.8. The molecule has 0 N–H and O–H groups in total. The molecule has 6 nitrogen and oxygen atoms in total. The van der Waals surface area contributed by atoms with Crippen LogP contribution in [0.2, 0.25) is 0 Å². The van der Waals surface area contributed by atoms with Gasteiger partial charge in [-0.25, -0.2) is 4.99 Å². The molecule has 0 amide bonds. The third-order valence-electron chi connectivity index (χ3n) is 6.95. The van der Waals surface area contributed by atoms with Gasteiger partial charge in [-0.2, -0.15) is 0 Å². The fourth-order valence-corrected chi connectivity index (χ4v) is 5.18. The first kappa shape index (κ1) is 32.5. The third-order valence-corrected chi connectivity index (χ3v) is 7.83. The van der Waals surface area contributed by atoms with Crippen molar-refractivity contribution in [1.29, 1.82) is 0 Å². The Kier molecular flexibility index (Phi) is 15.8. The van der Waals surface area contributed by atoms with Gasteiger partial charge in [0, 0.05) is 18.2 Å². The Morgan fingerprint density at radius 3 is 1.98 bits per heavy atom. The van der Waals surface area contributed by atoms with Gasteiger partial charge in [0.05, 0.1) is 6.61 Å². The van der Waals surface area contributed by atoms with Crippen LogP contribution in [0.1, 0.15) is 116 Å². The van der Waals surface area contributed by atoms with Gasteiger partial charge in [0.15, 0.2) is 0 Å². The molecule has 0 aliphatic rings. The number of esters is 1. The maximum absolute atomic E-state index is 12.1. The van der Waals surface area contributed by atoms with Gasteiger partial charge >= 0.3 is 5.97 Å². The summed E-state index contributed by atoms with van der Waals surface area (Å²) in [4.78, 5) is 16.6. The average Bonchev–Trinajstić information content (AvgIpc) is 3.47. The lowest BCUT2D eigenvalue weighted by Gasteiger charge is -2.06. The van der Waals surface area contributed by atoms with Crippen LogP contribution in [-0.4, -0.2) is 29.0 Å². The molecule has 7 heteroatoms. The third kappa shape index (κ3) is 13.4.